The first-order valence-corrected chi connectivity index (χ1v) is 5.66. The molecule has 2 rings (SSSR count). The van der Waals surface area contributed by atoms with Crippen LogP contribution in [0.25, 0.3) is 0 Å². The average molecular weight is 254 g/mol. The highest BCUT2D eigenvalue weighted by molar-refractivity contribution is 5.91. The Morgan fingerprint density at radius 1 is 1.61 bits per heavy atom. The van der Waals surface area contributed by atoms with Crippen molar-refractivity contribution in [2.45, 2.75) is 19.4 Å². The molecule has 0 radical (unpaired) electrons. The van der Waals surface area contributed by atoms with Crippen molar-refractivity contribution in [1.82, 2.24) is 20.1 Å². The molecule has 1 aliphatic rings. The fourth-order valence-electron chi connectivity index (χ4n) is 1.67. The summed E-state index contributed by atoms with van der Waals surface area (Å²) in [5.74, 6) is -0.753. The second kappa shape index (κ2) is 5.13. The van der Waals surface area contributed by atoms with Crippen molar-refractivity contribution in [2.75, 3.05) is 19.7 Å². The van der Waals surface area contributed by atoms with E-state index in [9.17, 15) is 9.59 Å². The number of amides is 1. The van der Waals surface area contributed by atoms with Gasteiger partial charge >= 0.3 is 5.97 Å². The van der Waals surface area contributed by atoms with Gasteiger partial charge in [-0.2, -0.15) is 0 Å². The van der Waals surface area contributed by atoms with Crippen molar-refractivity contribution in [3.05, 3.63) is 11.6 Å². The smallest absolute Gasteiger partial charge is 0.334 e. The van der Waals surface area contributed by atoms with Gasteiger partial charge in [-0.15, -0.1) is 5.10 Å². The highest BCUT2D eigenvalue weighted by Crippen LogP contribution is 2.08. The van der Waals surface area contributed by atoms with E-state index in [1.54, 1.807) is 0 Å². The van der Waals surface area contributed by atoms with Gasteiger partial charge < -0.3 is 14.7 Å². The topological polar surface area (TPSA) is 108 Å². The van der Waals surface area contributed by atoms with Crippen molar-refractivity contribution in [2.24, 2.45) is 0 Å². The molecule has 98 valence electrons. The van der Waals surface area contributed by atoms with Crippen LogP contribution in [0.4, 0.5) is 0 Å². The first kappa shape index (κ1) is 12.5. The van der Waals surface area contributed by atoms with Gasteiger partial charge in [0.2, 0.25) is 5.82 Å². The number of aliphatic carboxylic acids is 1. The lowest BCUT2D eigenvalue weighted by Crippen LogP contribution is -2.48. The maximum atomic E-state index is 12.0. The lowest BCUT2D eigenvalue weighted by Gasteiger charge is -2.29. The van der Waals surface area contributed by atoms with Gasteiger partial charge in [0.1, 0.15) is 5.82 Å². The van der Waals surface area contributed by atoms with Crippen LogP contribution in [0.1, 0.15) is 23.4 Å². The summed E-state index contributed by atoms with van der Waals surface area (Å²) in [6.07, 6.45) is -0.325. The Labute approximate surface area is 103 Å². The van der Waals surface area contributed by atoms with Crippen LogP contribution in [0.2, 0.25) is 0 Å². The van der Waals surface area contributed by atoms with Crippen LogP contribution in [0.5, 0.6) is 0 Å². The van der Waals surface area contributed by atoms with E-state index < -0.39 is 12.1 Å². The number of carbonyl (C=O) groups excluding carboxylic acids is 1. The van der Waals surface area contributed by atoms with Crippen molar-refractivity contribution < 1.29 is 19.4 Å². The van der Waals surface area contributed by atoms with Crippen molar-refractivity contribution in [1.29, 1.82) is 0 Å². The van der Waals surface area contributed by atoms with Crippen LogP contribution in [-0.2, 0) is 16.0 Å². The summed E-state index contributed by atoms with van der Waals surface area (Å²) < 4.78 is 5.04. The normalized spacial score (nSPS) is 19.8. The lowest BCUT2D eigenvalue weighted by atomic mass is 10.2. The number of morpholine rings is 1. The second-order valence-electron chi connectivity index (χ2n) is 3.91. The molecule has 1 unspecified atom stereocenters. The van der Waals surface area contributed by atoms with Crippen LogP contribution < -0.4 is 0 Å². The highest BCUT2D eigenvalue weighted by Gasteiger charge is 2.30. The molecule has 2 N–H and O–H groups in total. The molecular weight excluding hydrogens is 240 g/mol. The summed E-state index contributed by atoms with van der Waals surface area (Å²) in [5, 5.41) is 15.3. The van der Waals surface area contributed by atoms with E-state index in [2.05, 4.69) is 15.2 Å². The molecule has 0 bridgehead atoms. The highest BCUT2D eigenvalue weighted by atomic mass is 16.5. The zero-order valence-electron chi connectivity index (χ0n) is 9.92. The van der Waals surface area contributed by atoms with E-state index in [0.717, 1.165) is 0 Å². The summed E-state index contributed by atoms with van der Waals surface area (Å²) in [6, 6.07) is 0. The Hall–Kier alpha value is -1.96. The molecule has 1 aromatic heterocycles. The SMILES string of the molecule is CCc1nc(C(=O)N2CCOC(C(=O)O)C2)n[nH]1. The zero-order chi connectivity index (χ0) is 13.1. The van der Waals surface area contributed by atoms with Gasteiger partial charge in [-0.3, -0.25) is 9.89 Å². The number of carboxylic acids is 1. The number of carboxylic acid groups (broad SMARTS) is 1. The number of hydrogen-bond donors (Lipinski definition) is 2. The zero-order valence-corrected chi connectivity index (χ0v) is 9.92. The Balaban J connectivity index is 2.06. The minimum atomic E-state index is -1.07. The molecule has 1 aliphatic heterocycles. The predicted molar refractivity (Wildman–Crippen MR) is 59.0 cm³/mol. The maximum Gasteiger partial charge on any atom is 0.334 e. The lowest BCUT2D eigenvalue weighted by molar-refractivity contribution is -0.154. The van der Waals surface area contributed by atoms with Crippen LogP contribution in [0, 0.1) is 0 Å². The first-order chi connectivity index (χ1) is 8.61. The third-order valence-electron chi connectivity index (χ3n) is 2.69. The fourth-order valence-corrected chi connectivity index (χ4v) is 1.67. The fraction of sp³-hybridized carbons (Fsp3) is 0.600. The molecular formula is C10H14N4O4. The van der Waals surface area contributed by atoms with Gasteiger partial charge in [0.05, 0.1) is 13.2 Å². The number of H-pyrrole nitrogens is 1. The predicted octanol–water partition coefficient (Wildman–Crippen LogP) is -0.707. The Kier molecular flexibility index (Phi) is 3.56. The molecule has 0 aromatic carbocycles. The Morgan fingerprint density at radius 3 is 3.00 bits per heavy atom. The van der Waals surface area contributed by atoms with Gasteiger partial charge in [-0.1, -0.05) is 6.92 Å². The summed E-state index contributed by atoms with van der Waals surface area (Å²) in [7, 11) is 0. The summed E-state index contributed by atoms with van der Waals surface area (Å²) >= 11 is 0. The van der Waals surface area contributed by atoms with Gasteiger partial charge in [0.25, 0.3) is 5.91 Å². The quantitative estimate of drug-likeness (QED) is 0.737. The van der Waals surface area contributed by atoms with Crippen LogP contribution in [0.3, 0.4) is 0 Å². The number of rotatable bonds is 3. The van der Waals surface area contributed by atoms with E-state index in [1.807, 2.05) is 6.92 Å². The first-order valence-electron chi connectivity index (χ1n) is 5.66. The summed E-state index contributed by atoms with van der Waals surface area (Å²) in [6.45, 7) is 2.46. The molecule has 1 fully saturated rings. The van der Waals surface area contributed by atoms with E-state index in [1.165, 1.54) is 4.90 Å². The summed E-state index contributed by atoms with van der Waals surface area (Å²) in [5.41, 5.74) is 0. The number of nitrogens with zero attached hydrogens (tertiary/aromatic N) is 3. The molecule has 0 saturated carbocycles. The molecule has 18 heavy (non-hydrogen) atoms. The number of carbonyl (C=O) groups is 2. The van der Waals surface area contributed by atoms with Gasteiger partial charge in [0, 0.05) is 13.0 Å². The van der Waals surface area contributed by atoms with Crippen LogP contribution in [0.15, 0.2) is 0 Å². The van der Waals surface area contributed by atoms with Gasteiger partial charge in [-0.05, 0) is 0 Å². The molecule has 2 heterocycles. The van der Waals surface area contributed by atoms with Gasteiger partial charge in [-0.25, -0.2) is 9.78 Å². The molecule has 1 amide bonds. The van der Waals surface area contributed by atoms with E-state index in [4.69, 9.17) is 9.84 Å². The van der Waals surface area contributed by atoms with E-state index in [0.29, 0.717) is 18.8 Å². The van der Waals surface area contributed by atoms with Crippen molar-refractivity contribution in [3.8, 4) is 0 Å². The molecule has 8 heteroatoms. The minimum Gasteiger partial charge on any atom is -0.479 e. The summed E-state index contributed by atoms with van der Waals surface area (Å²) in [4.78, 5) is 28.3. The number of nitrogens with one attached hydrogen (secondary N) is 1. The number of ether oxygens (including phenoxy) is 1. The van der Waals surface area contributed by atoms with E-state index in [-0.39, 0.29) is 24.9 Å². The standard InChI is InChI=1S/C10H14N4O4/c1-2-7-11-8(13-12-7)9(15)14-3-4-18-6(5-14)10(16)17/h6H,2-5H2,1H3,(H,16,17)(H,11,12,13). The van der Waals surface area contributed by atoms with E-state index >= 15 is 0 Å². The second-order valence-corrected chi connectivity index (χ2v) is 3.91. The monoisotopic (exact) mass is 254 g/mol. The number of aryl methyl sites for hydroxylation is 1. The van der Waals surface area contributed by atoms with Crippen molar-refractivity contribution >= 4 is 11.9 Å². The number of hydrogen-bond acceptors (Lipinski definition) is 5. The largest absolute Gasteiger partial charge is 0.479 e. The molecule has 8 nitrogen and oxygen atoms in total. The number of aromatic amines is 1. The molecule has 0 aliphatic carbocycles. The van der Waals surface area contributed by atoms with Crippen LogP contribution >= 0.6 is 0 Å². The molecule has 0 spiro atoms. The molecule has 1 saturated heterocycles. The third-order valence-corrected chi connectivity index (χ3v) is 2.69. The van der Waals surface area contributed by atoms with Crippen molar-refractivity contribution in [3.63, 3.8) is 0 Å². The van der Waals surface area contributed by atoms with Crippen LogP contribution in [-0.4, -0.2) is 62.9 Å². The Bertz CT molecular complexity index is 458. The Morgan fingerprint density at radius 2 is 2.39 bits per heavy atom. The minimum absolute atomic E-state index is 0.0180. The molecule has 1 atom stereocenters. The molecule has 1 aromatic rings. The average Bonchev–Trinajstić information content (AvgIpc) is 2.86. The van der Waals surface area contributed by atoms with Gasteiger partial charge in [0.15, 0.2) is 6.10 Å². The number of aromatic nitrogens is 3. The maximum absolute atomic E-state index is 12.0. The third kappa shape index (κ3) is 2.48.